The highest BCUT2D eigenvalue weighted by Crippen LogP contribution is 2.43. The first kappa shape index (κ1) is 21.6. The molecule has 6 nitrogen and oxygen atoms in total. The Morgan fingerprint density at radius 2 is 1.78 bits per heavy atom. The molecule has 1 atom stereocenters. The molecule has 0 fully saturated rings. The summed E-state index contributed by atoms with van der Waals surface area (Å²) < 4.78 is 16.4. The Kier molecular flexibility index (Phi) is 6.22. The van der Waals surface area contributed by atoms with Gasteiger partial charge in [-0.1, -0.05) is 41.4 Å². The molecule has 0 aliphatic carbocycles. The van der Waals surface area contributed by atoms with E-state index in [-0.39, 0.29) is 23.8 Å². The monoisotopic (exact) mass is 466 g/mol. The van der Waals surface area contributed by atoms with Crippen LogP contribution in [0.25, 0.3) is 0 Å². The predicted molar refractivity (Wildman–Crippen MR) is 120 cm³/mol. The van der Waals surface area contributed by atoms with E-state index in [0.29, 0.717) is 27.1 Å². The number of nitriles is 1. The van der Waals surface area contributed by atoms with Crippen LogP contribution in [0, 0.1) is 11.3 Å². The number of nitrogens with zero attached hydrogens (tertiary/aromatic N) is 1. The SMILES string of the molecule is N#CC1=C(N)Oc2cc(OC(=O)COc3ccc(Cl)cc3)ccc2C1c1cccc(Cl)c1. The summed E-state index contributed by atoms with van der Waals surface area (Å²) in [6.07, 6.45) is 0. The zero-order valence-electron chi connectivity index (χ0n) is 16.5. The van der Waals surface area contributed by atoms with Gasteiger partial charge in [-0.15, -0.1) is 0 Å². The van der Waals surface area contributed by atoms with E-state index in [0.717, 1.165) is 5.56 Å². The molecule has 0 radical (unpaired) electrons. The fourth-order valence-electron chi connectivity index (χ4n) is 3.36. The number of ether oxygens (including phenoxy) is 3. The number of rotatable bonds is 5. The number of allylic oxidation sites excluding steroid dienone is 1. The van der Waals surface area contributed by atoms with Crippen LogP contribution < -0.4 is 19.9 Å². The van der Waals surface area contributed by atoms with E-state index < -0.39 is 11.9 Å². The van der Waals surface area contributed by atoms with E-state index in [1.54, 1.807) is 60.7 Å². The fourth-order valence-corrected chi connectivity index (χ4v) is 3.69. The number of halogens is 2. The molecule has 0 saturated carbocycles. The molecule has 1 unspecified atom stereocenters. The Hall–Kier alpha value is -3.66. The van der Waals surface area contributed by atoms with Gasteiger partial charge in [0.2, 0.25) is 5.88 Å². The summed E-state index contributed by atoms with van der Waals surface area (Å²) in [6, 6.07) is 20.8. The molecule has 0 bridgehead atoms. The summed E-state index contributed by atoms with van der Waals surface area (Å²) in [5, 5.41) is 10.7. The van der Waals surface area contributed by atoms with E-state index >= 15 is 0 Å². The summed E-state index contributed by atoms with van der Waals surface area (Å²) >= 11 is 12.0. The number of hydrogen-bond donors (Lipinski definition) is 1. The van der Waals surface area contributed by atoms with Crippen LogP contribution in [0.5, 0.6) is 17.2 Å². The Morgan fingerprint density at radius 1 is 1.03 bits per heavy atom. The van der Waals surface area contributed by atoms with Gasteiger partial charge in [0.05, 0.1) is 5.92 Å². The first-order chi connectivity index (χ1) is 15.4. The Morgan fingerprint density at radius 3 is 2.50 bits per heavy atom. The van der Waals surface area contributed by atoms with Crippen molar-refractivity contribution >= 4 is 29.2 Å². The third-order valence-electron chi connectivity index (χ3n) is 4.77. The lowest BCUT2D eigenvalue weighted by molar-refractivity contribution is -0.136. The second-order valence-corrected chi connectivity index (χ2v) is 7.77. The smallest absolute Gasteiger partial charge is 0.349 e. The molecule has 2 N–H and O–H groups in total. The number of esters is 1. The van der Waals surface area contributed by atoms with Gasteiger partial charge in [-0.3, -0.25) is 0 Å². The molecule has 0 saturated heterocycles. The molecular formula is C24H16Cl2N2O4. The molecule has 0 aromatic heterocycles. The third kappa shape index (κ3) is 4.65. The van der Waals surface area contributed by atoms with Crippen molar-refractivity contribution in [2.45, 2.75) is 5.92 Å². The highest BCUT2D eigenvalue weighted by Gasteiger charge is 2.31. The Labute approximate surface area is 194 Å². The van der Waals surface area contributed by atoms with E-state index in [2.05, 4.69) is 6.07 Å². The van der Waals surface area contributed by atoms with Crippen LogP contribution >= 0.6 is 23.2 Å². The number of benzene rings is 3. The van der Waals surface area contributed by atoms with Crippen molar-refractivity contribution in [3.63, 3.8) is 0 Å². The summed E-state index contributed by atoms with van der Waals surface area (Å²) in [7, 11) is 0. The molecule has 4 rings (SSSR count). The topological polar surface area (TPSA) is 94.6 Å². The molecule has 3 aromatic rings. The quantitative estimate of drug-likeness (QED) is 0.410. The standard InChI is InChI=1S/C24H16Cl2N2O4/c25-15-4-6-17(7-5-15)30-13-22(29)31-18-8-9-19-21(11-18)32-24(28)20(12-27)23(19)14-2-1-3-16(26)10-14/h1-11,23H,13,28H2. The summed E-state index contributed by atoms with van der Waals surface area (Å²) in [5.41, 5.74) is 7.79. The minimum atomic E-state index is -0.594. The lowest BCUT2D eigenvalue weighted by Crippen LogP contribution is -2.21. The van der Waals surface area contributed by atoms with Crippen LogP contribution in [-0.2, 0) is 4.79 Å². The van der Waals surface area contributed by atoms with Crippen LogP contribution in [0.3, 0.4) is 0 Å². The summed E-state index contributed by atoms with van der Waals surface area (Å²) in [6.45, 7) is -0.286. The van der Waals surface area contributed by atoms with Gasteiger partial charge in [-0.05, 0) is 48.0 Å². The molecule has 32 heavy (non-hydrogen) atoms. The van der Waals surface area contributed by atoms with Gasteiger partial charge < -0.3 is 19.9 Å². The third-order valence-corrected chi connectivity index (χ3v) is 5.26. The predicted octanol–water partition coefficient (Wildman–Crippen LogP) is 5.20. The van der Waals surface area contributed by atoms with E-state index in [1.807, 2.05) is 6.07 Å². The minimum absolute atomic E-state index is 0.0143. The molecule has 8 heteroatoms. The lowest BCUT2D eigenvalue weighted by atomic mass is 9.83. The molecule has 1 aliphatic heterocycles. The highest BCUT2D eigenvalue weighted by molar-refractivity contribution is 6.30. The number of fused-ring (bicyclic) bond motifs is 1. The Balaban J connectivity index is 1.54. The van der Waals surface area contributed by atoms with Crippen LogP contribution in [0.2, 0.25) is 10.0 Å². The molecule has 1 aliphatic rings. The minimum Gasteiger partial charge on any atom is -0.482 e. The van der Waals surface area contributed by atoms with Gasteiger partial charge in [-0.2, -0.15) is 5.26 Å². The maximum atomic E-state index is 12.2. The maximum Gasteiger partial charge on any atom is 0.349 e. The van der Waals surface area contributed by atoms with Crippen molar-refractivity contribution in [1.29, 1.82) is 5.26 Å². The number of carbonyl (C=O) groups is 1. The number of nitrogens with two attached hydrogens (primary N) is 1. The average molecular weight is 467 g/mol. The van der Waals surface area contributed by atoms with E-state index in [1.165, 1.54) is 0 Å². The molecule has 160 valence electrons. The molecule has 0 amide bonds. The fraction of sp³-hybridized carbons (Fsp3) is 0.0833. The van der Waals surface area contributed by atoms with Crippen molar-refractivity contribution in [1.82, 2.24) is 0 Å². The van der Waals surface area contributed by atoms with Gasteiger partial charge >= 0.3 is 5.97 Å². The van der Waals surface area contributed by atoms with Crippen molar-refractivity contribution < 1.29 is 19.0 Å². The zero-order chi connectivity index (χ0) is 22.7. The number of hydrogen-bond acceptors (Lipinski definition) is 6. The van der Waals surface area contributed by atoms with Gasteiger partial charge in [0.25, 0.3) is 0 Å². The van der Waals surface area contributed by atoms with Crippen LogP contribution in [0.15, 0.2) is 78.2 Å². The highest BCUT2D eigenvalue weighted by atomic mass is 35.5. The van der Waals surface area contributed by atoms with Crippen molar-refractivity contribution in [3.05, 3.63) is 99.4 Å². The second kappa shape index (κ2) is 9.23. The largest absolute Gasteiger partial charge is 0.482 e. The first-order valence-corrected chi connectivity index (χ1v) is 10.3. The molecule has 0 spiro atoms. The summed E-state index contributed by atoms with van der Waals surface area (Å²) in [5.74, 6) is 0.0663. The van der Waals surface area contributed by atoms with Crippen LogP contribution in [-0.4, -0.2) is 12.6 Å². The van der Waals surface area contributed by atoms with Gasteiger partial charge in [0.15, 0.2) is 6.61 Å². The number of carbonyl (C=O) groups excluding carboxylic acids is 1. The van der Waals surface area contributed by atoms with Crippen molar-refractivity contribution in [3.8, 4) is 23.3 Å². The van der Waals surface area contributed by atoms with Crippen LogP contribution in [0.1, 0.15) is 17.0 Å². The van der Waals surface area contributed by atoms with Gasteiger partial charge in [-0.25, -0.2) is 4.79 Å². The maximum absolute atomic E-state index is 12.2. The Bertz CT molecular complexity index is 1250. The average Bonchev–Trinajstić information content (AvgIpc) is 2.77. The zero-order valence-corrected chi connectivity index (χ0v) is 18.1. The first-order valence-electron chi connectivity index (χ1n) is 9.50. The van der Waals surface area contributed by atoms with Crippen molar-refractivity contribution in [2.24, 2.45) is 5.73 Å². The van der Waals surface area contributed by atoms with E-state index in [9.17, 15) is 10.1 Å². The van der Waals surface area contributed by atoms with Crippen LogP contribution in [0.4, 0.5) is 0 Å². The molecular weight excluding hydrogens is 451 g/mol. The van der Waals surface area contributed by atoms with E-state index in [4.69, 9.17) is 43.1 Å². The van der Waals surface area contributed by atoms with Gasteiger partial charge in [0.1, 0.15) is 28.9 Å². The van der Waals surface area contributed by atoms with Crippen molar-refractivity contribution in [2.75, 3.05) is 6.61 Å². The lowest BCUT2D eigenvalue weighted by Gasteiger charge is -2.26. The molecule has 1 heterocycles. The normalized spacial score (nSPS) is 14.7. The summed E-state index contributed by atoms with van der Waals surface area (Å²) in [4.78, 5) is 12.2. The van der Waals surface area contributed by atoms with Gasteiger partial charge in [0, 0.05) is 21.7 Å². The molecule has 3 aromatic carbocycles. The second-order valence-electron chi connectivity index (χ2n) is 6.90.